The average Bonchev–Trinajstić information content (AvgIpc) is 3.33. The van der Waals surface area contributed by atoms with Crippen molar-refractivity contribution in [2.75, 3.05) is 13.7 Å². The third-order valence-corrected chi connectivity index (χ3v) is 12.7. The summed E-state index contributed by atoms with van der Waals surface area (Å²) in [7, 11) is -1.30. The Morgan fingerprint density at radius 1 is 0.932 bits per heavy atom. The van der Waals surface area contributed by atoms with Crippen molar-refractivity contribution in [3.05, 3.63) is 65.7 Å². The number of amides is 2. The zero-order valence-electron chi connectivity index (χ0n) is 25.5. The molecule has 0 aliphatic carbocycles. The summed E-state index contributed by atoms with van der Waals surface area (Å²) >= 11 is 0. The van der Waals surface area contributed by atoms with Gasteiger partial charge in [0.2, 0.25) is 0 Å². The minimum atomic E-state index is -5.40. The Morgan fingerprint density at radius 3 is 2.02 bits per heavy atom. The van der Waals surface area contributed by atoms with Crippen LogP contribution in [0.2, 0.25) is 18.1 Å². The highest BCUT2D eigenvalue weighted by Gasteiger charge is 2.60. The Labute approximate surface area is 254 Å². The summed E-state index contributed by atoms with van der Waals surface area (Å²) in [6, 6.07) is 8.17. The van der Waals surface area contributed by atoms with Gasteiger partial charge in [0.1, 0.15) is 18.4 Å². The third kappa shape index (κ3) is 8.46. The zero-order chi connectivity index (χ0) is 33.1. The number of nitrogens with zero attached hydrogens (tertiary/aromatic N) is 2. The molecule has 14 heteroatoms. The van der Waals surface area contributed by atoms with E-state index in [0.29, 0.717) is 21.1 Å². The molecule has 7 nitrogen and oxygen atoms in total. The summed E-state index contributed by atoms with van der Waals surface area (Å²) in [5, 5.41) is -0.409. The molecule has 2 amide bonds. The van der Waals surface area contributed by atoms with Crippen molar-refractivity contribution >= 4 is 20.3 Å². The summed E-state index contributed by atoms with van der Waals surface area (Å²) in [5.74, 6) is -1.93. The average molecular weight is 649 g/mol. The molecule has 44 heavy (non-hydrogen) atoms. The number of rotatable bonds is 9. The van der Waals surface area contributed by atoms with Crippen LogP contribution in [-0.4, -0.2) is 74.3 Å². The Balaban J connectivity index is 2.09. The number of alkyl halides is 6. The zero-order valence-corrected chi connectivity index (χ0v) is 26.5. The van der Waals surface area contributed by atoms with E-state index in [9.17, 15) is 35.9 Å². The van der Waals surface area contributed by atoms with Gasteiger partial charge in [-0.05, 0) is 47.8 Å². The lowest BCUT2D eigenvalue weighted by atomic mass is 10.0. The first-order chi connectivity index (χ1) is 20.3. The molecule has 0 bridgehead atoms. The molecule has 1 heterocycles. The predicted molar refractivity (Wildman–Crippen MR) is 153 cm³/mol. The molecule has 1 aliphatic heterocycles. The van der Waals surface area contributed by atoms with Crippen LogP contribution >= 0.6 is 0 Å². The van der Waals surface area contributed by atoms with Crippen LogP contribution in [0.25, 0.3) is 0 Å². The normalized spacial score (nSPS) is 19.5. The molecule has 3 rings (SSSR count). The predicted octanol–water partition coefficient (Wildman–Crippen LogP) is 7.32. The maximum absolute atomic E-state index is 14.5. The van der Waals surface area contributed by atoms with Crippen molar-refractivity contribution in [3.8, 4) is 5.75 Å². The number of ether oxygens (including phenoxy) is 2. The molecular weight excluding hydrogens is 610 g/mol. The lowest BCUT2D eigenvalue weighted by Gasteiger charge is -2.40. The number of halogens is 6. The monoisotopic (exact) mass is 648 g/mol. The van der Waals surface area contributed by atoms with Crippen molar-refractivity contribution in [2.45, 2.75) is 89.0 Å². The van der Waals surface area contributed by atoms with E-state index in [2.05, 4.69) is 0 Å². The number of methoxy groups -OCH3 is 1. The van der Waals surface area contributed by atoms with Gasteiger partial charge in [-0.1, -0.05) is 63.2 Å². The highest BCUT2D eigenvalue weighted by Crippen LogP contribution is 2.42. The highest BCUT2D eigenvalue weighted by atomic mass is 28.4. The second kappa shape index (κ2) is 13.4. The van der Waals surface area contributed by atoms with Gasteiger partial charge < -0.3 is 18.8 Å². The van der Waals surface area contributed by atoms with Crippen molar-refractivity contribution in [1.29, 1.82) is 0 Å². The van der Waals surface area contributed by atoms with Crippen molar-refractivity contribution in [1.82, 2.24) is 9.80 Å². The fourth-order valence-corrected chi connectivity index (χ4v) is 5.75. The number of likely N-dealkylation sites (tertiary alicyclic amines) is 1. The van der Waals surface area contributed by atoms with Gasteiger partial charge in [-0.2, -0.15) is 26.3 Å². The molecule has 1 saturated heterocycles. The Bertz CT molecular complexity index is 1270. The standard InChI is InChI=1S/C30H38F6N2O5Si/c1-28(2,3)44(5,6)43-19-24-23(37(26(39)30(34,35)36)17-20-12-14-22(41-4)15-13-20)16-25(29(31,32)33)38(24)27(40)42-18-21-10-8-7-9-11-21/h7-15,23-25H,16-19H2,1-6H3/t23-,24-,25-/m0/s1. The first kappa shape index (κ1) is 35.2. The van der Waals surface area contributed by atoms with Crippen LogP contribution in [0, 0.1) is 0 Å². The lowest BCUT2D eigenvalue weighted by Crippen LogP contribution is -2.56. The molecule has 1 aliphatic rings. The first-order valence-corrected chi connectivity index (χ1v) is 16.9. The van der Waals surface area contributed by atoms with E-state index in [1.54, 1.807) is 30.3 Å². The Kier molecular flexibility index (Phi) is 10.7. The van der Waals surface area contributed by atoms with Gasteiger partial charge >= 0.3 is 24.4 Å². The van der Waals surface area contributed by atoms with Crippen LogP contribution < -0.4 is 4.74 Å². The SMILES string of the molecule is COc1ccc(CN(C(=O)C(F)(F)F)[C@H]2C[C@@H](C(F)(F)F)N(C(=O)OCc3ccccc3)[C@H]2CO[Si](C)(C)C(C)(C)C)cc1. The summed E-state index contributed by atoms with van der Waals surface area (Å²) in [5.41, 5.74) is 0.726. The van der Waals surface area contributed by atoms with Crippen LogP contribution in [-0.2, 0) is 27.1 Å². The molecule has 0 unspecified atom stereocenters. The minimum absolute atomic E-state index is 0.223. The van der Waals surface area contributed by atoms with Crippen LogP contribution in [0.15, 0.2) is 54.6 Å². The molecule has 2 aromatic carbocycles. The number of carbonyl (C=O) groups excluding carboxylic acids is 2. The lowest BCUT2D eigenvalue weighted by molar-refractivity contribution is -0.189. The topological polar surface area (TPSA) is 68.3 Å². The van der Waals surface area contributed by atoms with E-state index in [1.165, 1.54) is 31.4 Å². The van der Waals surface area contributed by atoms with Gasteiger partial charge in [0.05, 0.1) is 25.8 Å². The van der Waals surface area contributed by atoms with E-state index in [0.717, 1.165) is 0 Å². The van der Waals surface area contributed by atoms with Crippen LogP contribution in [0.4, 0.5) is 31.1 Å². The molecule has 0 radical (unpaired) electrons. The summed E-state index contributed by atoms with van der Waals surface area (Å²) < 4.78 is 102. The maximum atomic E-state index is 14.5. The van der Waals surface area contributed by atoms with Crippen molar-refractivity contribution < 1.29 is 49.8 Å². The molecule has 2 aromatic rings. The van der Waals surface area contributed by atoms with Gasteiger partial charge in [0, 0.05) is 6.54 Å². The fourth-order valence-electron chi connectivity index (χ4n) is 4.73. The number of hydrogen-bond acceptors (Lipinski definition) is 5. The van der Waals surface area contributed by atoms with Gasteiger partial charge in [-0.25, -0.2) is 4.79 Å². The number of benzene rings is 2. The number of carbonyl (C=O) groups is 2. The van der Waals surface area contributed by atoms with E-state index < -0.39 is 75.4 Å². The maximum Gasteiger partial charge on any atom is 0.471 e. The quantitative estimate of drug-likeness (QED) is 0.211. The second-order valence-corrected chi connectivity index (χ2v) is 17.0. The molecule has 0 saturated carbocycles. The summed E-state index contributed by atoms with van der Waals surface area (Å²) in [6.07, 6.45) is -12.8. The Morgan fingerprint density at radius 2 is 1.52 bits per heavy atom. The molecule has 1 fully saturated rings. The van der Waals surface area contributed by atoms with Crippen LogP contribution in [0.3, 0.4) is 0 Å². The van der Waals surface area contributed by atoms with E-state index in [-0.39, 0.29) is 12.2 Å². The molecule has 0 N–H and O–H groups in total. The van der Waals surface area contributed by atoms with Gasteiger partial charge in [0.25, 0.3) is 0 Å². The molecular formula is C30H38F6N2O5Si. The molecule has 244 valence electrons. The molecule has 0 spiro atoms. The largest absolute Gasteiger partial charge is 0.497 e. The van der Waals surface area contributed by atoms with E-state index in [4.69, 9.17) is 13.9 Å². The minimum Gasteiger partial charge on any atom is -0.497 e. The second-order valence-electron chi connectivity index (χ2n) is 12.2. The van der Waals surface area contributed by atoms with E-state index >= 15 is 0 Å². The van der Waals surface area contributed by atoms with Crippen LogP contribution in [0.1, 0.15) is 38.3 Å². The first-order valence-electron chi connectivity index (χ1n) is 14.0. The Hall–Kier alpha value is -3.26. The number of hydrogen-bond donors (Lipinski definition) is 0. The van der Waals surface area contributed by atoms with Gasteiger partial charge in [-0.15, -0.1) is 0 Å². The van der Waals surface area contributed by atoms with Gasteiger partial charge in [0.15, 0.2) is 8.32 Å². The molecule has 3 atom stereocenters. The van der Waals surface area contributed by atoms with Crippen LogP contribution in [0.5, 0.6) is 5.75 Å². The van der Waals surface area contributed by atoms with E-state index in [1.807, 2.05) is 33.9 Å². The third-order valence-electron chi connectivity index (χ3n) is 8.23. The fraction of sp³-hybridized carbons (Fsp3) is 0.533. The smallest absolute Gasteiger partial charge is 0.471 e. The summed E-state index contributed by atoms with van der Waals surface area (Å²) in [6.45, 7) is 7.76. The molecule has 0 aromatic heterocycles. The van der Waals surface area contributed by atoms with Crippen molar-refractivity contribution in [2.24, 2.45) is 0 Å². The van der Waals surface area contributed by atoms with Crippen molar-refractivity contribution in [3.63, 3.8) is 0 Å². The van der Waals surface area contributed by atoms with Gasteiger partial charge in [-0.3, -0.25) is 9.69 Å². The highest BCUT2D eigenvalue weighted by molar-refractivity contribution is 6.74. The summed E-state index contributed by atoms with van der Waals surface area (Å²) in [4.78, 5) is 27.0.